The van der Waals surface area contributed by atoms with Gasteiger partial charge in [-0.2, -0.15) is 0 Å². The van der Waals surface area contributed by atoms with Crippen LogP contribution in [0.25, 0.3) is 0 Å². The molecule has 3 rings (SSSR count). The molecule has 26 heavy (non-hydrogen) atoms. The molecule has 0 atom stereocenters. The maximum atomic E-state index is 12.7. The number of anilines is 1. The van der Waals surface area contributed by atoms with E-state index in [4.69, 9.17) is 9.47 Å². The van der Waals surface area contributed by atoms with Crippen LogP contribution in [0.2, 0.25) is 0 Å². The van der Waals surface area contributed by atoms with Crippen LogP contribution < -0.4 is 14.8 Å². The third-order valence-corrected chi connectivity index (χ3v) is 5.35. The number of likely N-dealkylation sites (tertiary alicyclic amines) is 1. The summed E-state index contributed by atoms with van der Waals surface area (Å²) >= 11 is 1.19. The molecule has 2 heterocycles. The maximum Gasteiger partial charge on any atom is 0.267 e. The zero-order valence-electron chi connectivity index (χ0n) is 15.3. The number of hydrogen-bond donors (Lipinski definition) is 1. The topological polar surface area (TPSA) is 76.6 Å². The summed E-state index contributed by atoms with van der Waals surface area (Å²) < 4.78 is 14.5. The molecule has 1 aliphatic heterocycles. The molecule has 1 amide bonds. The average molecular weight is 376 g/mol. The van der Waals surface area contributed by atoms with E-state index in [2.05, 4.69) is 14.9 Å². The van der Waals surface area contributed by atoms with Gasteiger partial charge in [0, 0.05) is 43.0 Å². The molecule has 1 saturated heterocycles. The first-order valence-electron chi connectivity index (χ1n) is 8.74. The van der Waals surface area contributed by atoms with Gasteiger partial charge in [0.25, 0.3) is 5.91 Å². The first-order chi connectivity index (χ1) is 12.6. The number of nitrogens with zero attached hydrogens (tertiary/aromatic N) is 3. The Bertz CT molecular complexity index is 734. The highest BCUT2D eigenvalue weighted by molar-refractivity contribution is 7.08. The van der Waals surface area contributed by atoms with Crippen molar-refractivity contribution >= 4 is 23.1 Å². The van der Waals surface area contributed by atoms with Crippen molar-refractivity contribution in [3.8, 4) is 11.5 Å². The van der Waals surface area contributed by atoms with Crippen molar-refractivity contribution in [1.82, 2.24) is 14.5 Å². The Morgan fingerprint density at radius 1 is 1.23 bits per heavy atom. The number of hydrogen-bond acceptors (Lipinski definition) is 7. The molecule has 0 bridgehead atoms. The minimum atomic E-state index is 0.0540. The molecule has 2 aromatic rings. The second-order valence-corrected chi connectivity index (χ2v) is 6.97. The summed E-state index contributed by atoms with van der Waals surface area (Å²) in [6.07, 6.45) is 2.51. The van der Waals surface area contributed by atoms with Crippen molar-refractivity contribution in [2.45, 2.75) is 32.2 Å². The third kappa shape index (κ3) is 4.07. The number of aromatic nitrogens is 2. The second kappa shape index (κ2) is 8.35. The molecule has 1 aromatic heterocycles. The fourth-order valence-corrected chi connectivity index (χ4v) is 3.82. The zero-order chi connectivity index (χ0) is 18.5. The van der Waals surface area contributed by atoms with Gasteiger partial charge in [-0.05, 0) is 30.8 Å². The summed E-state index contributed by atoms with van der Waals surface area (Å²) in [5.74, 6) is 1.56. The van der Waals surface area contributed by atoms with Crippen LogP contribution in [0, 0.1) is 0 Å². The van der Waals surface area contributed by atoms with Gasteiger partial charge in [0.05, 0.1) is 19.9 Å². The minimum Gasteiger partial charge on any atom is -0.497 e. The van der Waals surface area contributed by atoms with Gasteiger partial charge in [-0.25, -0.2) is 0 Å². The molecule has 0 saturated carbocycles. The van der Waals surface area contributed by atoms with Crippen LogP contribution in [0.1, 0.15) is 35.1 Å². The van der Waals surface area contributed by atoms with Crippen LogP contribution in [0.5, 0.6) is 11.5 Å². The summed E-state index contributed by atoms with van der Waals surface area (Å²) in [7, 11) is 3.28. The summed E-state index contributed by atoms with van der Waals surface area (Å²) in [6.45, 7) is 3.43. The lowest BCUT2D eigenvalue weighted by Gasteiger charge is -2.32. The van der Waals surface area contributed by atoms with Gasteiger partial charge < -0.3 is 19.7 Å². The standard InChI is InChI=1S/C18H24N4O3S/c1-4-16-17(26-21-20-16)18(23)22-7-5-12(6-8-22)19-13-9-14(24-2)11-15(10-13)25-3/h9-12,19H,4-8H2,1-3H3. The van der Waals surface area contributed by atoms with Gasteiger partial charge in [0.1, 0.15) is 16.4 Å². The van der Waals surface area contributed by atoms with E-state index in [1.165, 1.54) is 11.5 Å². The lowest BCUT2D eigenvalue weighted by molar-refractivity contribution is 0.0722. The highest BCUT2D eigenvalue weighted by Gasteiger charge is 2.26. The molecule has 7 nitrogen and oxygen atoms in total. The summed E-state index contributed by atoms with van der Waals surface area (Å²) in [4.78, 5) is 15.3. The molecular weight excluding hydrogens is 352 g/mol. The van der Waals surface area contributed by atoms with Gasteiger partial charge in [-0.1, -0.05) is 11.4 Å². The molecule has 8 heteroatoms. The first-order valence-corrected chi connectivity index (χ1v) is 9.52. The Hall–Kier alpha value is -2.35. The number of amides is 1. The van der Waals surface area contributed by atoms with Crippen LogP contribution in [-0.2, 0) is 6.42 Å². The molecule has 0 radical (unpaired) electrons. The fourth-order valence-electron chi connectivity index (χ4n) is 3.10. The second-order valence-electron chi connectivity index (χ2n) is 6.21. The summed E-state index contributed by atoms with van der Waals surface area (Å²) in [5, 5.41) is 7.57. The number of aryl methyl sites for hydroxylation is 1. The van der Waals surface area contributed by atoms with E-state index in [-0.39, 0.29) is 5.91 Å². The summed E-state index contributed by atoms with van der Waals surface area (Å²) in [5.41, 5.74) is 1.76. The number of nitrogens with one attached hydrogen (secondary N) is 1. The number of piperidine rings is 1. The lowest BCUT2D eigenvalue weighted by atomic mass is 10.0. The van der Waals surface area contributed by atoms with E-state index in [1.54, 1.807) is 14.2 Å². The van der Waals surface area contributed by atoms with E-state index < -0.39 is 0 Å². The molecular formula is C18H24N4O3S. The molecule has 1 aromatic carbocycles. The van der Waals surface area contributed by atoms with Gasteiger partial charge in [-0.15, -0.1) is 5.10 Å². The van der Waals surface area contributed by atoms with Crippen molar-refractivity contribution in [2.24, 2.45) is 0 Å². The van der Waals surface area contributed by atoms with E-state index in [1.807, 2.05) is 30.0 Å². The molecule has 1 aliphatic rings. The fraction of sp³-hybridized carbons (Fsp3) is 0.500. The molecule has 140 valence electrons. The third-order valence-electron chi connectivity index (χ3n) is 4.59. The predicted octanol–water partition coefficient (Wildman–Crippen LogP) is 2.83. The number of rotatable bonds is 6. The molecule has 0 spiro atoms. The van der Waals surface area contributed by atoms with Crippen LogP contribution >= 0.6 is 11.5 Å². The first kappa shape index (κ1) is 18.4. The van der Waals surface area contributed by atoms with E-state index in [0.29, 0.717) is 10.9 Å². The van der Waals surface area contributed by atoms with Crippen molar-refractivity contribution in [3.05, 3.63) is 28.8 Å². The molecule has 1 N–H and O–H groups in total. The number of carbonyl (C=O) groups is 1. The largest absolute Gasteiger partial charge is 0.497 e. The molecule has 0 aliphatic carbocycles. The quantitative estimate of drug-likeness (QED) is 0.835. The van der Waals surface area contributed by atoms with Gasteiger partial charge >= 0.3 is 0 Å². The number of ether oxygens (including phenoxy) is 2. The van der Waals surface area contributed by atoms with Crippen LogP contribution in [0.15, 0.2) is 18.2 Å². The van der Waals surface area contributed by atoms with Crippen LogP contribution in [0.3, 0.4) is 0 Å². The maximum absolute atomic E-state index is 12.7. The van der Waals surface area contributed by atoms with Gasteiger partial charge in [0.15, 0.2) is 0 Å². The van der Waals surface area contributed by atoms with Crippen molar-refractivity contribution in [1.29, 1.82) is 0 Å². The van der Waals surface area contributed by atoms with Gasteiger partial charge in [0.2, 0.25) is 0 Å². The van der Waals surface area contributed by atoms with Crippen molar-refractivity contribution in [2.75, 3.05) is 32.6 Å². The minimum absolute atomic E-state index is 0.0540. The highest BCUT2D eigenvalue weighted by Crippen LogP contribution is 2.28. The van der Waals surface area contributed by atoms with E-state index >= 15 is 0 Å². The SMILES string of the molecule is CCc1nnsc1C(=O)N1CCC(Nc2cc(OC)cc(OC)c2)CC1. The van der Waals surface area contributed by atoms with Gasteiger partial charge in [-0.3, -0.25) is 4.79 Å². The molecule has 1 fully saturated rings. The Kier molecular flexibility index (Phi) is 5.92. The lowest BCUT2D eigenvalue weighted by Crippen LogP contribution is -2.42. The predicted molar refractivity (Wildman–Crippen MR) is 101 cm³/mol. The molecule has 0 unspecified atom stereocenters. The van der Waals surface area contributed by atoms with E-state index in [0.717, 1.165) is 55.2 Å². The van der Waals surface area contributed by atoms with Crippen molar-refractivity contribution in [3.63, 3.8) is 0 Å². The highest BCUT2D eigenvalue weighted by atomic mass is 32.1. The van der Waals surface area contributed by atoms with Crippen LogP contribution in [-0.4, -0.2) is 53.7 Å². The average Bonchev–Trinajstić information content (AvgIpc) is 3.16. The Morgan fingerprint density at radius 2 is 1.88 bits per heavy atom. The monoisotopic (exact) mass is 376 g/mol. The normalized spacial score (nSPS) is 15.0. The van der Waals surface area contributed by atoms with Crippen LogP contribution in [0.4, 0.5) is 5.69 Å². The summed E-state index contributed by atoms with van der Waals surface area (Å²) in [6, 6.07) is 6.06. The Morgan fingerprint density at radius 3 is 2.46 bits per heavy atom. The Labute approximate surface area is 157 Å². The van der Waals surface area contributed by atoms with E-state index in [9.17, 15) is 4.79 Å². The Balaban J connectivity index is 1.60. The van der Waals surface area contributed by atoms with Crippen molar-refractivity contribution < 1.29 is 14.3 Å². The number of methoxy groups -OCH3 is 2. The zero-order valence-corrected chi connectivity index (χ0v) is 16.1. The number of carbonyl (C=O) groups excluding carboxylic acids is 1. The number of benzene rings is 1. The smallest absolute Gasteiger partial charge is 0.267 e.